The second-order valence-electron chi connectivity index (χ2n) is 21.0. The molecule has 0 aliphatic rings. The average molecular weight is 993 g/mol. The third-order valence-electron chi connectivity index (χ3n) is 12.6. The molecule has 0 aromatic heterocycles. The van der Waals surface area contributed by atoms with E-state index in [0.717, 1.165) is 14.7 Å². The van der Waals surface area contributed by atoms with Gasteiger partial charge in [0.15, 0.2) is 0 Å². The number of ether oxygens (including phenoxy) is 1. The lowest BCUT2D eigenvalue weighted by atomic mass is 9.91. The minimum absolute atomic E-state index is 0.0290. The largest absolute Gasteiger partial charge is 0.460 e. The van der Waals surface area contributed by atoms with Gasteiger partial charge < -0.3 is 50.3 Å². The van der Waals surface area contributed by atoms with E-state index in [1.165, 1.54) is 52.0 Å². The first-order valence-corrected chi connectivity index (χ1v) is 24.8. The first-order valence-electron chi connectivity index (χ1n) is 24.8. The summed E-state index contributed by atoms with van der Waals surface area (Å²) < 4.78 is 5.45. The number of amides is 8. The van der Waals surface area contributed by atoms with E-state index in [1.54, 1.807) is 68.5 Å². The summed E-state index contributed by atoms with van der Waals surface area (Å²) in [5.74, 6) is -6.30. The van der Waals surface area contributed by atoms with E-state index in [1.807, 2.05) is 40.7 Å². The molecule has 8 atom stereocenters. The lowest BCUT2D eigenvalue weighted by Crippen LogP contribution is -2.63. The van der Waals surface area contributed by atoms with Gasteiger partial charge in [-0.3, -0.25) is 43.2 Å². The number of aliphatic hydroxyl groups excluding tert-OH is 1. The molecule has 0 aliphatic carbocycles. The summed E-state index contributed by atoms with van der Waals surface area (Å²) in [5, 5.41) is 19.9. The summed E-state index contributed by atoms with van der Waals surface area (Å²) in [5.41, 5.74) is -1.23. The van der Waals surface area contributed by atoms with Crippen LogP contribution in [-0.4, -0.2) is 180 Å². The van der Waals surface area contributed by atoms with Crippen LogP contribution in [0.1, 0.15) is 135 Å². The molecule has 0 radical (unpaired) electrons. The van der Waals surface area contributed by atoms with E-state index in [4.69, 9.17) is 4.74 Å². The lowest BCUT2D eigenvalue weighted by Gasteiger charge is -2.41. The number of carbonyl (C=O) groups is 9. The Morgan fingerprint density at radius 2 is 1.21 bits per heavy atom. The number of likely N-dealkylation sites (N-methyl/N-ethyl adjacent to an activating group) is 6. The van der Waals surface area contributed by atoms with Crippen LogP contribution in [0.4, 0.5) is 0 Å². The second kappa shape index (κ2) is 30.0. The number of hydrogen-bond acceptors (Lipinski definition) is 11. The van der Waals surface area contributed by atoms with Gasteiger partial charge in [-0.15, -0.1) is 0 Å². The second-order valence-corrected chi connectivity index (χ2v) is 21.0. The van der Waals surface area contributed by atoms with E-state index in [2.05, 4.69) is 16.0 Å². The van der Waals surface area contributed by atoms with Gasteiger partial charge >= 0.3 is 5.97 Å². The van der Waals surface area contributed by atoms with Crippen LogP contribution in [0.5, 0.6) is 0 Å². The van der Waals surface area contributed by atoms with Gasteiger partial charge in [-0.1, -0.05) is 81.4 Å². The van der Waals surface area contributed by atoms with Gasteiger partial charge in [0.1, 0.15) is 41.9 Å². The number of nitrogens with one attached hydrogen (secondary N) is 3. The van der Waals surface area contributed by atoms with Crippen LogP contribution in [0.2, 0.25) is 0 Å². The Hall–Kier alpha value is -5.07. The summed E-state index contributed by atoms with van der Waals surface area (Å²) in [4.78, 5) is 130. The molecule has 0 spiro atoms. The zero-order valence-corrected chi connectivity index (χ0v) is 46.3. The topological polar surface area (TPSA) is 235 Å². The number of hydrogen-bond donors (Lipinski definition) is 4. The Bertz CT molecular complexity index is 1800. The standard InChI is InChI=1S/C51H92N8O11/c1-21-23-24-34(11)44(63)43(59(20)50(69)42(33(9)10)58(19)49(68)37(27-31(5)6)56(17)39(61)26-25-30(3)4)47(66)53-36(22-2)48(67)55(16)29-40(62)57(18)38(28-51(13,14)70-35(12)60)45(64)54-41(32(7)8)46(65)52-15/h21,23,30-34,36-38,41-44,63H,22,24-29H2,1-20H3,(H,52,65)(H,53,66)(H,54,64)/b23-21+/t34-,36+,37+,38+,41+,42+,43?,44-/m1/s1. The number of rotatable bonds is 29. The van der Waals surface area contributed by atoms with Crippen molar-refractivity contribution in [2.24, 2.45) is 29.6 Å². The van der Waals surface area contributed by atoms with E-state index >= 15 is 0 Å². The summed E-state index contributed by atoms with van der Waals surface area (Å²) in [6, 6.07) is -6.99. The molecule has 0 heterocycles. The first-order chi connectivity index (χ1) is 32.2. The molecule has 0 rings (SSSR count). The highest BCUT2D eigenvalue weighted by atomic mass is 16.6. The molecule has 4 N–H and O–H groups in total. The molecule has 70 heavy (non-hydrogen) atoms. The fraction of sp³-hybridized carbons (Fsp3) is 0.784. The molecule has 0 aromatic carbocycles. The number of esters is 1. The molecule has 8 amide bonds. The molecule has 0 aromatic rings. The van der Waals surface area contributed by atoms with Gasteiger partial charge in [0.2, 0.25) is 47.3 Å². The quantitative estimate of drug-likeness (QED) is 0.0627. The minimum atomic E-state index is -1.55. The number of allylic oxidation sites excluding steroid dienone is 2. The summed E-state index contributed by atoms with van der Waals surface area (Å²) >= 11 is 0. The van der Waals surface area contributed by atoms with E-state index in [9.17, 15) is 48.3 Å². The van der Waals surface area contributed by atoms with Crippen molar-refractivity contribution in [1.29, 1.82) is 0 Å². The molecule has 19 nitrogen and oxygen atoms in total. The van der Waals surface area contributed by atoms with Crippen molar-refractivity contribution in [2.75, 3.05) is 48.8 Å². The van der Waals surface area contributed by atoms with Crippen LogP contribution >= 0.6 is 0 Å². The maximum absolute atomic E-state index is 14.8. The smallest absolute Gasteiger partial charge is 0.303 e. The Labute approximate surface area is 419 Å². The molecule has 0 fully saturated rings. The Balaban J connectivity index is 6.96. The Morgan fingerprint density at radius 3 is 1.67 bits per heavy atom. The van der Waals surface area contributed by atoms with Crippen molar-refractivity contribution in [3.63, 3.8) is 0 Å². The van der Waals surface area contributed by atoms with Crippen LogP contribution in [0, 0.1) is 29.6 Å². The van der Waals surface area contributed by atoms with Crippen molar-refractivity contribution in [2.45, 2.75) is 183 Å². The van der Waals surface area contributed by atoms with Crippen LogP contribution in [0.15, 0.2) is 12.2 Å². The molecule has 0 bridgehead atoms. The van der Waals surface area contributed by atoms with Crippen LogP contribution < -0.4 is 16.0 Å². The number of carbonyl (C=O) groups excluding carboxylic acids is 9. The van der Waals surface area contributed by atoms with Gasteiger partial charge in [-0.05, 0) is 76.0 Å². The molecule has 0 saturated carbocycles. The van der Waals surface area contributed by atoms with Crippen molar-refractivity contribution < 1.29 is 53.0 Å². The van der Waals surface area contributed by atoms with Crippen molar-refractivity contribution in [3.8, 4) is 0 Å². The monoisotopic (exact) mass is 993 g/mol. The third kappa shape index (κ3) is 20.0. The predicted octanol–water partition coefficient (Wildman–Crippen LogP) is 3.37. The normalized spacial score (nSPS) is 15.3. The lowest BCUT2D eigenvalue weighted by molar-refractivity contribution is -0.158. The summed E-state index contributed by atoms with van der Waals surface area (Å²) in [6.07, 6.45) is 3.64. The fourth-order valence-corrected chi connectivity index (χ4v) is 8.28. The van der Waals surface area contributed by atoms with Crippen LogP contribution in [0.3, 0.4) is 0 Å². The maximum atomic E-state index is 14.8. The number of aliphatic hydroxyl groups is 1. The molecular formula is C51H92N8O11. The van der Waals surface area contributed by atoms with E-state index in [-0.39, 0.29) is 42.9 Å². The minimum Gasteiger partial charge on any atom is -0.460 e. The fourth-order valence-electron chi connectivity index (χ4n) is 8.28. The third-order valence-corrected chi connectivity index (χ3v) is 12.6. The zero-order chi connectivity index (χ0) is 54.7. The first kappa shape index (κ1) is 64.9. The molecule has 0 saturated heterocycles. The van der Waals surface area contributed by atoms with Gasteiger partial charge in [-0.2, -0.15) is 0 Å². The maximum Gasteiger partial charge on any atom is 0.303 e. The van der Waals surface area contributed by atoms with Crippen LogP contribution in [-0.2, 0) is 47.9 Å². The van der Waals surface area contributed by atoms with Crippen molar-refractivity contribution in [3.05, 3.63) is 12.2 Å². The van der Waals surface area contributed by atoms with Gasteiger partial charge in [0.05, 0.1) is 12.6 Å². The molecule has 0 aliphatic heterocycles. The van der Waals surface area contributed by atoms with Crippen LogP contribution in [0.25, 0.3) is 0 Å². The van der Waals surface area contributed by atoms with Crippen molar-refractivity contribution >= 4 is 53.2 Å². The summed E-state index contributed by atoms with van der Waals surface area (Å²) in [7, 11) is 8.62. The Morgan fingerprint density at radius 1 is 0.671 bits per heavy atom. The van der Waals surface area contributed by atoms with Gasteiger partial charge in [-0.25, -0.2) is 0 Å². The molecule has 19 heteroatoms. The van der Waals surface area contributed by atoms with Gasteiger partial charge in [0, 0.05) is 62.1 Å². The highest BCUT2D eigenvalue weighted by Gasteiger charge is 2.44. The molecular weight excluding hydrogens is 901 g/mol. The molecule has 402 valence electrons. The van der Waals surface area contributed by atoms with E-state index < -0.39 is 114 Å². The highest BCUT2D eigenvalue weighted by Crippen LogP contribution is 2.25. The number of nitrogens with zero attached hydrogens (tertiary/aromatic N) is 5. The molecule has 1 unspecified atom stereocenters. The Kier molecular flexibility index (Phi) is 27.8. The zero-order valence-electron chi connectivity index (χ0n) is 46.3. The summed E-state index contributed by atoms with van der Waals surface area (Å²) in [6.45, 7) is 23.9. The predicted molar refractivity (Wildman–Crippen MR) is 270 cm³/mol. The SMILES string of the molecule is C/C=C/C[C@@H](C)[C@@H](O)C(C(=O)N[C@@H](CC)C(=O)N(C)CC(=O)N(C)[C@@H](CC(C)(C)OC(C)=O)C(=O)N[C@H](C(=O)NC)C(C)C)N(C)C(=O)[C@H](C(C)C)N(C)C(=O)[C@H](CC(C)C)N(C)C(=O)CCC(C)C. The van der Waals surface area contributed by atoms with E-state index in [0.29, 0.717) is 19.3 Å². The average Bonchev–Trinajstić information content (AvgIpc) is 3.26. The highest BCUT2D eigenvalue weighted by molar-refractivity contribution is 5.97. The van der Waals surface area contributed by atoms with Crippen molar-refractivity contribution in [1.82, 2.24) is 40.4 Å². The van der Waals surface area contributed by atoms with Gasteiger partial charge in [0.25, 0.3) is 0 Å².